The fourth-order valence-electron chi connectivity index (χ4n) is 2.16. The first-order valence-corrected chi connectivity index (χ1v) is 7.24. The van der Waals surface area contributed by atoms with E-state index in [9.17, 15) is 14.4 Å². The summed E-state index contributed by atoms with van der Waals surface area (Å²) >= 11 is 0. The first-order valence-electron chi connectivity index (χ1n) is 7.24. The Morgan fingerprint density at radius 3 is 2.41 bits per heavy atom. The Balaban J connectivity index is 2.90. The number of carbonyl (C=O) groups is 3. The van der Waals surface area contributed by atoms with Gasteiger partial charge in [0, 0.05) is 5.92 Å². The molecular formula is C16H21BNO4. The van der Waals surface area contributed by atoms with Crippen molar-refractivity contribution >= 4 is 25.4 Å². The lowest BCUT2D eigenvalue weighted by Gasteiger charge is -2.22. The highest BCUT2D eigenvalue weighted by molar-refractivity contribution is 6.64. The van der Waals surface area contributed by atoms with Crippen LogP contribution in [0.15, 0.2) is 30.3 Å². The number of hydrogen-bond acceptors (Lipinski definition) is 5. The summed E-state index contributed by atoms with van der Waals surface area (Å²) in [6.45, 7) is 4.99. The molecule has 0 aromatic heterocycles. The van der Waals surface area contributed by atoms with Gasteiger partial charge in [0.25, 0.3) is 7.41 Å². The summed E-state index contributed by atoms with van der Waals surface area (Å²) in [5, 5.41) is 2.71. The van der Waals surface area contributed by atoms with Gasteiger partial charge in [-0.2, -0.15) is 0 Å². The lowest BCUT2D eigenvalue weighted by Crippen LogP contribution is -2.43. The number of carbonyl (C=O) groups excluding carboxylic acids is 3. The maximum Gasteiger partial charge on any atom is 0.322 e. The molecule has 0 fully saturated rings. The Kier molecular flexibility index (Phi) is 7.53. The highest BCUT2D eigenvalue weighted by Gasteiger charge is 2.27. The third-order valence-electron chi connectivity index (χ3n) is 3.17. The maximum absolute atomic E-state index is 12.1. The molecule has 0 aliphatic rings. The molecule has 0 unspecified atom stereocenters. The fourth-order valence-corrected chi connectivity index (χ4v) is 2.16. The Bertz CT molecular complexity index is 504. The average Bonchev–Trinajstić information content (AvgIpc) is 2.47. The van der Waals surface area contributed by atoms with Gasteiger partial charge in [-0.1, -0.05) is 30.3 Å². The zero-order valence-corrected chi connectivity index (χ0v) is 13.1. The summed E-state index contributed by atoms with van der Waals surface area (Å²) in [6, 6.07) is 8.50. The third-order valence-corrected chi connectivity index (χ3v) is 3.17. The van der Waals surface area contributed by atoms with Crippen molar-refractivity contribution < 1.29 is 19.1 Å². The first kappa shape index (κ1) is 18.1. The van der Waals surface area contributed by atoms with Gasteiger partial charge in [0.15, 0.2) is 0 Å². The molecule has 0 aliphatic heterocycles. The van der Waals surface area contributed by atoms with Crippen LogP contribution >= 0.6 is 0 Å². The van der Waals surface area contributed by atoms with E-state index in [1.807, 2.05) is 30.3 Å². The fraction of sp³-hybridized carbons (Fsp3) is 0.438. The second-order valence-corrected chi connectivity index (χ2v) is 5.32. The molecule has 22 heavy (non-hydrogen) atoms. The number of Topliss-reactive ketones (excluding diaryl/α,β-unsaturated/α-hetero) is 1. The van der Waals surface area contributed by atoms with Crippen LogP contribution < -0.4 is 5.23 Å². The van der Waals surface area contributed by atoms with Crippen molar-refractivity contribution in [3.8, 4) is 0 Å². The number of rotatable bonds is 9. The Hall–Kier alpha value is -1.95. The summed E-state index contributed by atoms with van der Waals surface area (Å²) in [4.78, 5) is 34.6. The van der Waals surface area contributed by atoms with E-state index in [1.165, 1.54) is 6.92 Å². The van der Waals surface area contributed by atoms with Crippen molar-refractivity contribution in [2.45, 2.75) is 45.3 Å². The topological polar surface area (TPSA) is 72.5 Å². The zero-order valence-electron chi connectivity index (χ0n) is 13.1. The minimum Gasteiger partial charge on any atom is -0.462 e. The minimum absolute atomic E-state index is 0.0403. The molecule has 0 saturated heterocycles. The van der Waals surface area contributed by atoms with Crippen LogP contribution in [0.1, 0.15) is 38.7 Å². The Morgan fingerprint density at radius 1 is 1.27 bits per heavy atom. The van der Waals surface area contributed by atoms with E-state index < -0.39 is 17.9 Å². The van der Waals surface area contributed by atoms with E-state index in [2.05, 4.69) is 5.23 Å². The molecule has 1 aromatic rings. The number of ether oxygens (including phenoxy) is 1. The molecule has 0 amide bonds. The largest absolute Gasteiger partial charge is 0.462 e. The van der Waals surface area contributed by atoms with Crippen molar-refractivity contribution in [2.75, 3.05) is 0 Å². The summed E-state index contributed by atoms with van der Waals surface area (Å²) in [5.74, 6) is -0.949. The number of ketones is 1. The van der Waals surface area contributed by atoms with E-state index in [-0.39, 0.29) is 18.3 Å². The van der Waals surface area contributed by atoms with Crippen LogP contribution in [0.3, 0.4) is 0 Å². The van der Waals surface area contributed by atoms with Gasteiger partial charge in [0.1, 0.15) is 5.78 Å². The highest BCUT2D eigenvalue weighted by Crippen LogP contribution is 2.23. The summed E-state index contributed by atoms with van der Waals surface area (Å²) in [5.41, 5.74) is 0.838. The number of nitrogens with one attached hydrogen (secondary N) is 1. The molecule has 1 radical (unpaired) electrons. The van der Waals surface area contributed by atoms with Gasteiger partial charge >= 0.3 is 5.97 Å². The average molecular weight is 302 g/mol. The predicted molar refractivity (Wildman–Crippen MR) is 85.1 cm³/mol. The van der Waals surface area contributed by atoms with Crippen molar-refractivity contribution in [2.24, 2.45) is 0 Å². The monoisotopic (exact) mass is 302 g/mol. The van der Waals surface area contributed by atoms with Crippen molar-refractivity contribution in [1.82, 2.24) is 5.23 Å². The molecule has 0 bridgehead atoms. The highest BCUT2D eigenvalue weighted by atomic mass is 16.5. The van der Waals surface area contributed by atoms with E-state index in [0.29, 0.717) is 6.19 Å². The SMILES string of the molecule is CC(=O)[C@H](C[C@@H](N[B]C=O)C(=O)OC(C)C)c1ccccc1. The van der Waals surface area contributed by atoms with Gasteiger partial charge in [-0.15, -0.1) is 0 Å². The summed E-state index contributed by atoms with van der Waals surface area (Å²) in [7, 11) is 1.15. The van der Waals surface area contributed by atoms with Crippen LogP contribution in [0, 0.1) is 0 Å². The van der Waals surface area contributed by atoms with Crippen molar-refractivity contribution in [3.63, 3.8) is 0 Å². The van der Waals surface area contributed by atoms with Crippen molar-refractivity contribution in [3.05, 3.63) is 35.9 Å². The van der Waals surface area contributed by atoms with E-state index in [1.54, 1.807) is 13.8 Å². The normalized spacial score (nSPS) is 13.3. The van der Waals surface area contributed by atoms with Gasteiger partial charge in [0.2, 0.25) is 0 Å². The van der Waals surface area contributed by atoms with E-state index in [4.69, 9.17) is 4.74 Å². The van der Waals surface area contributed by atoms with Gasteiger partial charge in [0.05, 0.1) is 18.3 Å². The molecule has 117 valence electrons. The first-order chi connectivity index (χ1) is 10.5. The van der Waals surface area contributed by atoms with Crippen LogP contribution in [-0.2, 0) is 19.1 Å². The third kappa shape index (κ3) is 5.81. The van der Waals surface area contributed by atoms with Crippen LogP contribution in [0.2, 0.25) is 0 Å². The van der Waals surface area contributed by atoms with E-state index >= 15 is 0 Å². The smallest absolute Gasteiger partial charge is 0.322 e. The summed E-state index contributed by atoms with van der Waals surface area (Å²) in [6.07, 6.45) is 0.524. The molecule has 1 N–H and O–H groups in total. The van der Waals surface area contributed by atoms with Crippen LogP contribution in [0.4, 0.5) is 0 Å². The molecule has 2 atom stereocenters. The summed E-state index contributed by atoms with van der Waals surface area (Å²) < 4.78 is 5.18. The number of benzene rings is 1. The lowest BCUT2D eigenvalue weighted by molar-refractivity contribution is -0.149. The zero-order chi connectivity index (χ0) is 16.5. The molecular weight excluding hydrogens is 281 g/mol. The number of hydrogen-bond donors (Lipinski definition) is 1. The molecule has 0 heterocycles. The second kappa shape index (κ2) is 9.15. The maximum atomic E-state index is 12.1. The molecule has 0 saturated carbocycles. The van der Waals surface area contributed by atoms with Gasteiger partial charge < -0.3 is 14.8 Å². The van der Waals surface area contributed by atoms with Crippen LogP contribution in [0.25, 0.3) is 0 Å². The molecule has 1 aromatic carbocycles. The predicted octanol–water partition coefficient (Wildman–Crippen LogP) is 1.47. The second-order valence-electron chi connectivity index (χ2n) is 5.32. The van der Waals surface area contributed by atoms with Gasteiger partial charge in [-0.3, -0.25) is 9.59 Å². The van der Waals surface area contributed by atoms with E-state index in [0.717, 1.165) is 13.0 Å². The van der Waals surface area contributed by atoms with Gasteiger partial charge in [-0.05, 0) is 32.8 Å². The Morgan fingerprint density at radius 2 is 1.91 bits per heavy atom. The Labute approximate surface area is 131 Å². The molecule has 5 nitrogen and oxygen atoms in total. The molecule has 1 rings (SSSR count). The minimum atomic E-state index is -0.748. The lowest BCUT2D eigenvalue weighted by atomic mass is 9.86. The molecule has 6 heteroatoms. The standard InChI is InChI=1S/C16H21BNO4/c1-11(2)22-16(21)15(18-17-10-19)9-14(12(3)20)13-7-5-4-6-8-13/h4-8,10-11,14-15,18H,9H2,1-3H3/t14-,15+/m0/s1. The van der Waals surface area contributed by atoms with Crippen LogP contribution in [0.5, 0.6) is 0 Å². The number of esters is 1. The van der Waals surface area contributed by atoms with Gasteiger partial charge in [-0.25, -0.2) is 0 Å². The quantitative estimate of drug-likeness (QED) is 0.425. The molecule has 0 spiro atoms. The molecule has 0 aliphatic carbocycles. The van der Waals surface area contributed by atoms with Crippen molar-refractivity contribution in [1.29, 1.82) is 0 Å². The van der Waals surface area contributed by atoms with Crippen LogP contribution in [-0.4, -0.2) is 37.5 Å².